The molecule has 0 saturated carbocycles. The summed E-state index contributed by atoms with van der Waals surface area (Å²) >= 11 is 0. The molecule has 0 radical (unpaired) electrons. The zero-order valence-electron chi connectivity index (χ0n) is 21.4. The number of amides is 2. The maximum Gasteiger partial charge on any atom is 0.408 e. The van der Waals surface area contributed by atoms with E-state index in [1.165, 1.54) is 4.90 Å². The first-order valence-corrected chi connectivity index (χ1v) is 12.3. The van der Waals surface area contributed by atoms with Gasteiger partial charge in [-0.3, -0.25) is 4.79 Å². The van der Waals surface area contributed by atoms with E-state index < -0.39 is 41.8 Å². The minimum Gasteiger partial charge on any atom is -0.459 e. The monoisotopic (exact) mass is 496 g/mol. The molecule has 0 spiro atoms. The first-order chi connectivity index (χ1) is 17.1. The summed E-state index contributed by atoms with van der Waals surface area (Å²) in [7, 11) is 0. The zero-order chi connectivity index (χ0) is 26.1. The maximum absolute atomic E-state index is 13.7. The molecule has 1 aliphatic rings. The zero-order valence-corrected chi connectivity index (χ0v) is 21.4. The Morgan fingerprint density at radius 3 is 2.14 bits per heavy atom. The van der Waals surface area contributed by atoms with Gasteiger partial charge in [-0.2, -0.15) is 0 Å². The second-order valence-corrected chi connectivity index (χ2v) is 9.91. The molecule has 2 amide bonds. The number of likely N-dealkylation sites (tertiary alicyclic amines) is 1. The molecule has 0 bridgehead atoms. The van der Waals surface area contributed by atoms with Gasteiger partial charge < -0.3 is 24.4 Å². The normalized spacial score (nSPS) is 17.2. The lowest BCUT2D eigenvalue weighted by molar-refractivity contribution is -0.156. The van der Waals surface area contributed by atoms with Gasteiger partial charge in [0.1, 0.15) is 24.3 Å². The molecule has 2 aromatic carbocycles. The Bertz CT molecular complexity index is 1010. The highest BCUT2D eigenvalue weighted by Crippen LogP contribution is 2.22. The Balaban J connectivity index is 1.70. The second kappa shape index (κ2) is 12.5. The minimum atomic E-state index is -1.04. The fourth-order valence-electron chi connectivity index (χ4n) is 3.99. The molecule has 1 N–H and O–H groups in total. The molecule has 36 heavy (non-hydrogen) atoms. The third-order valence-corrected chi connectivity index (χ3v) is 5.80. The van der Waals surface area contributed by atoms with Gasteiger partial charge in [-0.1, -0.05) is 60.7 Å². The maximum atomic E-state index is 13.7. The molecule has 0 aromatic heterocycles. The molecule has 1 heterocycles. The Labute approximate surface area is 212 Å². The van der Waals surface area contributed by atoms with Crippen LogP contribution in [0.5, 0.6) is 0 Å². The Kier molecular flexibility index (Phi) is 9.47. The number of hydrogen-bond donors (Lipinski definition) is 1. The van der Waals surface area contributed by atoms with Crippen LogP contribution in [0.25, 0.3) is 0 Å². The van der Waals surface area contributed by atoms with Crippen molar-refractivity contribution >= 4 is 18.0 Å². The number of carbonyl (C=O) groups excluding carboxylic acids is 3. The quantitative estimate of drug-likeness (QED) is 0.523. The molecule has 8 nitrogen and oxygen atoms in total. The first kappa shape index (κ1) is 27.2. The highest BCUT2D eigenvalue weighted by atomic mass is 16.6. The fourth-order valence-corrected chi connectivity index (χ4v) is 3.99. The summed E-state index contributed by atoms with van der Waals surface area (Å²) in [6, 6.07) is 17.2. The van der Waals surface area contributed by atoms with Crippen molar-refractivity contribution in [3.05, 3.63) is 71.8 Å². The smallest absolute Gasteiger partial charge is 0.408 e. The van der Waals surface area contributed by atoms with Crippen LogP contribution in [0.1, 0.15) is 51.7 Å². The number of esters is 1. The predicted molar refractivity (Wildman–Crippen MR) is 135 cm³/mol. The van der Waals surface area contributed by atoms with Gasteiger partial charge >= 0.3 is 12.1 Å². The van der Waals surface area contributed by atoms with Gasteiger partial charge in [0.25, 0.3) is 0 Å². The SMILES string of the molecule is C[C@@H](OCc1ccccc1)[C@H](NC(=O)OC(C)(C)C)C(=O)N1CCC[C@H]1C(=O)OCc1ccccc1. The van der Waals surface area contributed by atoms with E-state index in [-0.39, 0.29) is 13.2 Å². The van der Waals surface area contributed by atoms with E-state index in [0.29, 0.717) is 19.4 Å². The number of hydrogen-bond acceptors (Lipinski definition) is 6. The standard InChI is InChI=1S/C28H36N2O6/c1-20(34-18-21-12-7-5-8-13-21)24(29-27(33)36-28(2,3)4)25(31)30-17-11-16-23(30)26(32)35-19-22-14-9-6-10-15-22/h5-10,12-15,20,23-24H,11,16-19H2,1-4H3,(H,29,33)/t20-,23+,24+/m1/s1. The van der Waals surface area contributed by atoms with Gasteiger partial charge in [-0.15, -0.1) is 0 Å². The van der Waals surface area contributed by atoms with Gasteiger partial charge in [-0.05, 0) is 51.7 Å². The van der Waals surface area contributed by atoms with Crippen LogP contribution in [0.2, 0.25) is 0 Å². The van der Waals surface area contributed by atoms with Gasteiger partial charge in [0.15, 0.2) is 0 Å². The summed E-state index contributed by atoms with van der Waals surface area (Å²) in [5.41, 5.74) is 1.08. The van der Waals surface area contributed by atoms with E-state index in [1.54, 1.807) is 27.7 Å². The lowest BCUT2D eigenvalue weighted by Crippen LogP contribution is -2.57. The average Bonchev–Trinajstić information content (AvgIpc) is 3.34. The minimum absolute atomic E-state index is 0.133. The number of benzene rings is 2. The van der Waals surface area contributed by atoms with Crippen LogP contribution in [-0.4, -0.2) is 53.2 Å². The van der Waals surface area contributed by atoms with Gasteiger partial charge in [0.05, 0.1) is 12.7 Å². The number of alkyl carbamates (subject to hydrolysis) is 1. The number of rotatable bonds is 9. The molecular formula is C28H36N2O6. The van der Waals surface area contributed by atoms with E-state index in [9.17, 15) is 14.4 Å². The molecule has 0 unspecified atom stereocenters. The van der Waals surface area contributed by atoms with E-state index in [2.05, 4.69) is 5.32 Å². The molecule has 3 rings (SSSR count). The van der Waals surface area contributed by atoms with Crippen LogP contribution < -0.4 is 5.32 Å². The average molecular weight is 497 g/mol. The summed E-state index contributed by atoms with van der Waals surface area (Å²) in [6.45, 7) is 7.76. The lowest BCUT2D eigenvalue weighted by atomic mass is 10.1. The fraction of sp³-hybridized carbons (Fsp3) is 0.464. The highest BCUT2D eigenvalue weighted by Gasteiger charge is 2.41. The topological polar surface area (TPSA) is 94.2 Å². The largest absolute Gasteiger partial charge is 0.459 e. The molecule has 1 aliphatic heterocycles. The van der Waals surface area contributed by atoms with Crippen molar-refractivity contribution in [1.82, 2.24) is 10.2 Å². The number of nitrogens with one attached hydrogen (secondary N) is 1. The predicted octanol–water partition coefficient (Wildman–Crippen LogP) is 4.22. The Morgan fingerprint density at radius 1 is 0.972 bits per heavy atom. The van der Waals surface area contributed by atoms with Crippen LogP contribution in [0, 0.1) is 0 Å². The molecule has 1 fully saturated rings. The number of nitrogens with zero attached hydrogens (tertiary/aromatic N) is 1. The third-order valence-electron chi connectivity index (χ3n) is 5.80. The van der Waals surface area contributed by atoms with Crippen molar-refractivity contribution in [3.8, 4) is 0 Å². The van der Waals surface area contributed by atoms with Crippen molar-refractivity contribution < 1.29 is 28.6 Å². The van der Waals surface area contributed by atoms with Crippen molar-refractivity contribution in [2.45, 2.75) is 77.5 Å². The molecule has 2 aromatic rings. The first-order valence-electron chi connectivity index (χ1n) is 12.3. The highest BCUT2D eigenvalue weighted by molar-refractivity contribution is 5.90. The Hall–Kier alpha value is -3.39. The van der Waals surface area contributed by atoms with Crippen LogP contribution in [0.15, 0.2) is 60.7 Å². The molecule has 194 valence electrons. The van der Waals surface area contributed by atoms with Crippen LogP contribution in [-0.2, 0) is 37.0 Å². The summed E-state index contributed by atoms with van der Waals surface area (Å²) in [6.07, 6.45) is -0.238. The van der Waals surface area contributed by atoms with E-state index >= 15 is 0 Å². The van der Waals surface area contributed by atoms with E-state index in [0.717, 1.165) is 11.1 Å². The van der Waals surface area contributed by atoms with Crippen molar-refractivity contribution in [1.29, 1.82) is 0 Å². The third kappa shape index (κ3) is 8.09. The van der Waals surface area contributed by atoms with Crippen LogP contribution in [0.3, 0.4) is 0 Å². The van der Waals surface area contributed by atoms with Crippen molar-refractivity contribution in [2.24, 2.45) is 0 Å². The molecule has 8 heteroatoms. The van der Waals surface area contributed by atoms with E-state index in [1.807, 2.05) is 60.7 Å². The summed E-state index contributed by atoms with van der Waals surface area (Å²) in [4.78, 5) is 40.6. The molecule has 3 atom stereocenters. The molecule has 0 aliphatic carbocycles. The molecule has 1 saturated heterocycles. The summed E-state index contributed by atoms with van der Waals surface area (Å²) in [5.74, 6) is -0.862. The number of carbonyl (C=O) groups is 3. The van der Waals surface area contributed by atoms with Crippen molar-refractivity contribution in [3.63, 3.8) is 0 Å². The Morgan fingerprint density at radius 2 is 1.56 bits per heavy atom. The van der Waals surface area contributed by atoms with E-state index in [4.69, 9.17) is 14.2 Å². The number of ether oxygens (including phenoxy) is 3. The van der Waals surface area contributed by atoms with Gasteiger partial charge in [0, 0.05) is 6.54 Å². The summed E-state index contributed by atoms with van der Waals surface area (Å²) < 4.78 is 16.9. The van der Waals surface area contributed by atoms with Gasteiger partial charge in [0.2, 0.25) is 5.91 Å². The van der Waals surface area contributed by atoms with Gasteiger partial charge in [-0.25, -0.2) is 9.59 Å². The summed E-state index contributed by atoms with van der Waals surface area (Å²) in [5, 5.41) is 2.67. The van der Waals surface area contributed by atoms with Crippen LogP contribution in [0.4, 0.5) is 4.79 Å². The van der Waals surface area contributed by atoms with Crippen LogP contribution >= 0.6 is 0 Å². The second-order valence-electron chi connectivity index (χ2n) is 9.91. The lowest BCUT2D eigenvalue weighted by Gasteiger charge is -2.32. The van der Waals surface area contributed by atoms with Crippen molar-refractivity contribution in [2.75, 3.05) is 6.54 Å². The molecular weight excluding hydrogens is 460 g/mol.